The number of nitrogens with two attached hydrogens (primary N) is 1. The van der Waals surface area contributed by atoms with Crippen LogP contribution in [-0.2, 0) is 35.1 Å². The minimum absolute atomic E-state index is 0.151. The molecule has 2 fully saturated rings. The molecule has 4 rings (SSSR count). The van der Waals surface area contributed by atoms with Crippen molar-refractivity contribution < 1.29 is 38.1 Å². The second-order valence-electron chi connectivity index (χ2n) is 9.44. The van der Waals surface area contributed by atoms with Crippen molar-refractivity contribution in [2.24, 2.45) is 11.7 Å². The highest BCUT2D eigenvalue weighted by atomic mass is 32.2. The van der Waals surface area contributed by atoms with E-state index in [0.717, 1.165) is 5.56 Å². The number of thioether (sulfide) groups is 1. The normalized spacial score (nSPS) is 24.5. The molecule has 1 unspecified atom stereocenters. The molecular weight excluding hydrogens is 478 g/mol. The van der Waals surface area contributed by atoms with E-state index in [1.807, 2.05) is 13.8 Å². The van der Waals surface area contributed by atoms with Crippen LogP contribution >= 0.6 is 11.8 Å². The van der Waals surface area contributed by atoms with E-state index in [1.165, 1.54) is 16.7 Å². The number of hydrogen-bond acceptors (Lipinski definition) is 10. The first-order chi connectivity index (χ1) is 16.5. The summed E-state index contributed by atoms with van der Waals surface area (Å²) in [5, 5.41) is 2.29. The largest absolute Gasteiger partial charge is 0.454 e. The third kappa shape index (κ3) is 4.90. The van der Waals surface area contributed by atoms with E-state index in [1.54, 1.807) is 32.0 Å². The molecule has 12 heteroatoms. The minimum Gasteiger partial charge on any atom is -0.454 e. The molecule has 0 radical (unpaired) electrons. The van der Waals surface area contributed by atoms with Gasteiger partial charge in [0.05, 0.1) is 12.0 Å². The van der Waals surface area contributed by atoms with Crippen molar-refractivity contribution in [3.63, 3.8) is 0 Å². The molecule has 2 amide bonds. The molecule has 0 spiro atoms. The van der Waals surface area contributed by atoms with Crippen LogP contribution in [0.3, 0.4) is 0 Å². The predicted octanol–water partition coefficient (Wildman–Crippen LogP) is 0.532. The van der Waals surface area contributed by atoms with E-state index in [2.05, 4.69) is 5.32 Å². The number of benzene rings is 1. The summed E-state index contributed by atoms with van der Waals surface area (Å²) in [4.78, 5) is 51.3. The minimum atomic E-state index is -0.881. The maximum absolute atomic E-state index is 12.9. The van der Waals surface area contributed by atoms with E-state index < -0.39 is 58.8 Å². The Hall–Kier alpha value is -2.99. The number of carbonyl (C=O) groups is 4. The van der Waals surface area contributed by atoms with E-state index in [9.17, 15) is 19.2 Å². The Kier molecular flexibility index (Phi) is 6.87. The van der Waals surface area contributed by atoms with E-state index in [4.69, 9.17) is 24.7 Å². The number of fused-ring (bicyclic) bond motifs is 2. The molecule has 2 saturated heterocycles. The van der Waals surface area contributed by atoms with Gasteiger partial charge in [-0.15, -0.1) is 11.8 Å². The fourth-order valence-corrected chi connectivity index (χ4v) is 5.81. The fraction of sp³-hybridized carbons (Fsp3) is 0.565. The van der Waals surface area contributed by atoms with Crippen molar-refractivity contribution in [1.29, 1.82) is 0 Å². The lowest BCUT2D eigenvalue weighted by Crippen LogP contribution is -2.71. The van der Waals surface area contributed by atoms with Gasteiger partial charge in [0.1, 0.15) is 17.5 Å². The molecule has 3 aliphatic heterocycles. The maximum Gasteiger partial charge on any atom is 0.333 e. The molecular formula is C23H29N3O8S. The third-order valence-electron chi connectivity index (χ3n) is 6.07. The van der Waals surface area contributed by atoms with Crippen molar-refractivity contribution in [1.82, 2.24) is 10.2 Å². The highest BCUT2D eigenvalue weighted by molar-refractivity contribution is 8.01. The van der Waals surface area contributed by atoms with E-state index in [0.29, 0.717) is 11.5 Å². The summed E-state index contributed by atoms with van der Waals surface area (Å²) < 4.78 is 20.0. The summed E-state index contributed by atoms with van der Waals surface area (Å²) in [6.45, 7) is 6.60. The number of esters is 2. The van der Waals surface area contributed by atoms with Crippen LogP contribution in [0, 0.1) is 5.92 Å². The number of ether oxygens (including phenoxy) is 4. The van der Waals surface area contributed by atoms with Crippen molar-refractivity contribution in [3.05, 3.63) is 23.8 Å². The summed E-state index contributed by atoms with van der Waals surface area (Å²) in [7, 11) is 0. The summed E-state index contributed by atoms with van der Waals surface area (Å²) in [6.07, 6.45) is 0.250. The van der Waals surface area contributed by atoms with Gasteiger partial charge in [-0.05, 0) is 38.0 Å². The monoisotopic (exact) mass is 507 g/mol. The summed E-state index contributed by atoms with van der Waals surface area (Å²) in [5.41, 5.74) is 6.90. The molecule has 3 N–H and O–H groups in total. The number of nitrogens with zero attached hydrogens (tertiary/aromatic N) is 1. The lowest BCUT2D eigenvalue weighted by molar-refractivity contribution is -0.178. The number of nitrogens with one attached hydrogen (secondary N) is 1. The van der Waals surface area contributed by atoms with Gasteiger partial charge in [0.25, 0.3) is 0 Å². The fourth-order valence-electron chi connectivity index (χ4n) is 4.19. The van der Waals surface area contributed by atoms with Gasteiger partial charge >= 0.3 is 11.9 Å². The number of β-lactam (4-membered cyclic amide) rings is 1. The number of amides is 2. The first kappa shape index (κ1) is 25.1. The molecule has 190 valence electrons. The van der Waals surface area contributed by atoms with Crippen molar-refractivity contribution in [2.45, 2.75) is 62.4 Å². The van der Waals surface area contributed by atoms with Gasteiger partial charge in [0.2, 0.25) is 25.4 Å². The lowest BCUT2D eigenvalue weighted by atomic mass is 9.95. The van der Waals surface area contributed by atoms with Gasteiger partial charge in [-0.2, -0.15) is 0 Å². The van der Waals surface area contributed by atoms with Crippen LogP contribution in [0.25, 0.3) is 0 Å². The van der Waals surface area contributed by atoms with Crippen molar-refractivity contribution >= 4 is 35.5 Å². The molecule has 35 heavy (non-hydrogen) atoms. The third-order valence-corrected chi connectivity index (χ3v) is 7.64. The Labute approximate surface area is 206 Å². The highest BCUT2D eigenvalue weighted by Crippen LogP contribution is 2.51. The number of rotatable bonds is 8. The van der Waals surface area contributed by atoms with Gasteiger partial charge in [-0.25, -0.2) is 4.79 Å². The van der Waals surface area contributed by atoms with Crippen LogP contribution in [0.1, 0.15) is 33.3 Å². The summed E-state index contributed by atoms with van der Waals surface area (Å²) >= 11 is 1.39. The van der Waals surface area contributed by atoms with Gasteiger partial charge in [0, 0.05) is 4.75 Å². The Morgan fingerprint density at radius 1 is 1.23 bits per heavy atom. The van der Waals surface area contributed by atoms with Gasteiger partial charge in [-0.1, -0.05) is 19.9 Å². The van der Waals surface area contributed by atoms with Crippen LogP contribution in [0.5, 0.6) is 11.5 Å². The number of carbonyl (C=O) groups excluding carboxylic acids is 4. The average molecular weight is 508 g/mol. The smallest absolute Gasteiger partial charge is 0.333 e. The zero-order valence-electron chi connectivity index (χ0n) is 19.9. The second-order valence-corrected chi connectivity index (χ2v) is 11.2. The first-order valence-corrected chi connectivity index (χ1v) is 12.2. The first-order valence-electron chi connectivity index (χ1n) is 11.3. The van der Waals surface area contributed by atoms with Gasteiger partial charge < -0.3 is 34.9 Å². The molecule has 1 aromatic rings. The maximum atomic E-state index is 12.9. The zero-order valence-corrected chi connectivity index (χ0v) is 20.8. The predicted molar refractivity (Wildman–Crippen MR) is 124 cm³/mol. The topological polar surface area (TPSA) is 146 Å². The quantitative estimate of drug-likeness (QED) is 0.290. The molecule has 11 nitrogen and oxygen atoms in total. The van der Waals surface area contributed by atoms with E-state index >= 15 is 0 Å². The Balaban J connectivity index is 1.33. The van der Waals surface area contributed by atoms with Gasteiger partial charge in [0.15, 0.2) is 11.5 Å². The molecule has 1 aromatic carbocycles. The van der Waals surface area contributed by atoms with Crippen LogP contribution in [0.4, 0.5) is 0 Å². The lowest BCUT2D eigenvalue weighted by Gasteiger charge is -2.44. The average Bonchev–Trinajstić information content (AvgIpc) is 3.36. The molecule has 0 aromatic heterocycles. The SMILES string of the molecule is CC(C)C(=O)OCOC(=O)[C@@H]1N2C(=O)[C@@H](NC(=O)C(N)Cc3ccc4c(c3)OCO4)[C@H]2SC1(C)C. The summed E-state index contributed by atoms with van der Waals surface area (Å²) in [5.74, 6) is -1.13. The van der Waals surface area contributed by atoms with E-state index in [-0.39, 0.29) is 19.1 Å². The molecule has 3 aliphatic rings. The second kappa shape index (κ2) is 9.57. The van der Waals surface area contributed by atoms with Crippen molar-refractivity contribution in [3.8, 4) is 11.5 Å². The van der Waals surface area contributed by atoms with Crippen LogP contribution in [0.15, 0.2) is 18.2 Å². The summed E-state index contributed by atoms with van der Waals surface area (Å²) in [6, 6.07) is 2.78. The molecule has 0 aliphatic carbocycles. The van der Waals surface area contributed by atoms with Crippen molar-refractivity contribution in [2.75, 3.05) is 13.6 Å². The Bertz CT molecular complexity index is 1050. The molecule has 0 saturated carbocycles. The van der Waals surface area contributed by atoms with Crippen LogP contribution in [0.2, 0.25) is 0 Å². The standard InChI is InChI=1S/C23H29N3O8S/c1-11(2)21(29)33-10-34-22(30)17-23(3,4)35-20-16(19(28)26(17)20)25-18(27)13(24)7-12-5-6-14-15(8-12)32-9-31-14/h5-6,8,11,13,16-17,20H,7,9-10,24H2,1-4H3,(H,25,27)/t13?,16-,17+,20-/m1/s1. The van der Waals surface area contributed by atoms with Crippen LogP contribution in [-0.4, -0.2) is 70.5 Å². The Morgan fingerprint density at radius 3 is 2.66 bits per heavy atom. The Morgan fingerprint density at radius 2 is 1.94 bits per heavy atom. The number of hydrogen-bond donors (Lipinski definition) is 2. The van der Waals surface area contributed by atoms with Crippen LogP contribution < -0.4 is 20.5 Å². The molecule has 3 heterocycles. The highest BCUT2D eigenvalue weighted by Gasteiger charge is 2.64. The molecule has 4 atom stereocenters. The van der Waals surface area contributed by atoms with Gasteiger partial charge in [-0.3, -0.25) is 14.4 Å². The zero-order chi connectivity index (χ0) is 25.5. The molecule has 0 bridgehead atoms.